The van der Waals surface area contributed by atoms with Gasteiger partial charge in [0.25, 0.3) is 11.8 Å². The summed E-state index contributed by atoms with van der Waals surface area (Å²) in [7, 11) is 0. The van der Waals surface area contributed by atoms with Crippen LogP contribution in [0.15, 0.2) is 0 Å². The molecule has 2 rings (SSSR count). The smallest absolute Gasteiger partial charge is 0.266 e. The molecule has 24 heavy (non-hydrogen) atoms. The van der Waals surface area contributed by atoms with Crippen LogP contribution in [0.5, 0.6) is 0 Å². The zero-order valence-corrected chi connectivity index (χ0v) is 16.0. The third-order valence-electron chi connectivity index (χ3n) is 3.31. The second-order valence-electron chi connectivity index (χ2n) is 5.45. The van der Waals surface area contributed by atoms with E-state index in [4.69, 9.17) is 0 Å². The maximum Gasteiger partial charge on any atom is 0.281 e. The Hall–Kier alpha value is -1.80. The summed E-state index contributed by atoms with van der Waals surface area (Å²) in [4.78, 5) is 34.3. The molecule has 8 heteroatoms. The van der Waals surface area contributed by atoms with Crippen molar-refractivity contribution in [1.29, 1.82) is 0 Å². The van der Waals surface area contributed by atoms with E-state index in [1.807, 2.05) is 0 Å². The van der Waals surface area contributed by atoms with Gasteiger partial charge in [-0.2, -0.15) is 0 Å². The second kappa shape index (κ2) is 8.34. The van der Waals surface area contributed by atoms with Crippen LogP contribution in [-0.2, 0) is 12.8 Å². The van der Waals surface area contributed by atoms with Crippen molar-refractivity contribution >= 4 is 34.5 Å². The molecule has 0 unspecified atom stereocenters. The van der Waals surface area contributed by atoms with Crippen LogP contribution < -0.4 is 10.9 Å². The fourth-order valence-corrected chi connectivity index (χ4v) is 4.32. The average Bonchev–Trinajstić information content (AvgIpc) is 3.08. The van der Waals surface area contributed by atoms with Crippen molar-refractivity contribution in [3.63, 3.8) is 0 Å². The lowest BCUT2D eigenvalue weighted by molar-refractivity contribution is 0.0850. The molecule has 0 aliphatic carbocycles. The Labute approximate surface area is 149 Å². The molecule has 0 bridgehead atoms. The van der Waals surface area contributed by atoms with E-state index < -0.39 is 0 Å². The molecule has 0 aliphatic heterocycles. The summed E-state index contributed by atoms with van der Waals surface area (Å²) in [6.07, 6.45) is 3.67. The molecule has 2 amide bonds. The Bertz CT molecular complexity index is 674. The number of amides is 2. The van der Waals surface area contributed by atoms with Gasteiger partial charge in [-0.25, -0.2) is 9.97 Å². The molecule has 6 nitrogen and oxygen atoms in total. The van der Waals surface area contributed by atoms with E-state index in [1.165, 1.54) is 22.7 Å². The number of hydrogen-bond donors (Lipinski definition) is 2. The average molecular weight is 367 g/mol. The third kappa shape index (κ3) is 4.39. The van der Waals surface area contributed by atoms with Crippen LogP contribution in [0.1, 0.15) is 67.4 Å². The number of nitrogens with one attached hydrogen (secondary N) is 2. The minimum Gasteiger partial charge on any atom is -0.266 e. The summed E-state index contributed by atoms with van der Waals surface area (Å²) in [6, 6.07) is 0. The van der Waals surface area contributed by atoms with Gasteiger partial charge in [-0.1, -0.05) is 13.8 Å². The van der Waals surface area contributed by atoms with Crippen molar-refractivity contribution in [2.75, 3.05) is 0 Å². The minimum absolute atomic E-state index is 0.336. The number of hydrazine groups is 1. The van der Waals surface area contributed by atoms with Gasteiger partial charge in [-0.3, -0.25) is 20.4 Å². The molecule has 2 aromatic rings. The number of aryl methyl sites for hydroxylation is 4. The quantitative estimate of drug-likeness (QED) is 0.769. The maximum absolute atomic E-state index is 12.2. The van der Waals surface area contributed by atoms with Gasteiger partial charge in [0.1, 0.15) is 9.75 Å². The number of carbonyl (C=O) groups is 2. The lowest BCUT2D eigenvalue weighted by Crippen LogP contribution is -2.41. The van der Waals surface area contributed by atoms with Crippen molar-refractivity contribution in [2.24, 2.45) is 0 Å². The summed E-state index contributed by atoms with van der Waals surface area (Å²) in [5, 5.41) is 1.88. The van der Waals surface area contributed by atoms with E-state index >= 15 is 0 Å². The summed E-state index contributed by atoms with van der Waals surface area (Å²) in [5.74, 6) is -0.673. The SMILES string of the molecule is CCCc1nc(C)c(C(=O)NNC(=O)c2sc(CCC)nc2C)s1. The zero-order valence-electron chi connectivity index (χ0n) is 14.4. The molecule has 0 saturated heterocycles. The molecule has 0 atom stereocenters. The number of carbonyl (C=O) groups excluding carboxylic acids is 2. The van der Waals surface area contributed by atoms with Gasteiger partial charge in [0, 0.05) is 0 Å². The van der Waals surface area contributed by atoms with E-state index in [-0.39, 0.29) is 11.8 Å². The predicted octanol–water partition coefficient (Wildman–Crippen LogP) is 3.20. The fraction of sp³-hybridized carbons (Fsp3) is 0.500. The molecule has 0 aliphatic rings. The Morgan fingerprint density at radius 3 is 1.54 bits per heavy atom. The van der Waals surface area contributed by atoms with Crippen LogP contribution in [0, 0.1) is 13.8 Å². The first kappa shape index (κ1) is 18.5. The van der Waals surface area contributed by atoms with E-state index in [0.29, 0.717) is 21.1 Å². The highest BCUT2D eigenvalue weighted by atomic mass is 32.1. The van der Waals surface area contributed by atoms with Crippen molar-refractivity contribution in [2.45, 2.75) is 53.4 Å². The second-order valence-corrected chi connectivity index (χ2v) is 7.62. The Morgan fingerprint density at radius 2 is 1.21 bits per heavy atom. The normalized spacial score (nSPS) is 10.7. The standard InChI is InChI=1S/C16H22N4O2S2/c1-5-7-11-17-9(3)13(23-11)15(21)19-20-16(22)14-10(4)18-12(24-14)8-6-2/h5-8H2,1-4H3,(H,19,21)(H,20,22). The van der Waals surface area contributed by atoms with Gasteiger partial charge < -0.3 is 0 Å². The van der Waals surface area contributed by atoms with Crippen molar-refractivity contribution < 1.29 is 9.59 Å². The number of hydrogen-bond acceptors (Lipinski definition) is 6. The van der Waals surface area contributed by atoms with E-state index in [9.17, 15) is 9.59 Å². The van der Waals surface area contributed by atoms with Crippen LogP contribution in [0.2, 0.25) is 0 Å². The molecule has 0 radical (unpaired) electrons. The van der Waals surface area contributed by atoms with Crippen molar-refractivity contribution in [3.05, 3.63) is 31.2 Å². The number of thiazole rings is 2. The topological polar surface area (TPSA) is 84.0 Å². The summed E-state index contributed by atoms with van der Waals surface area (Å²) >= 11 is 2.74. The van der Waals surface area contributed by atoms with Gasteiger partial charge in [-0.05, 0) is 39.5 Å². The maximum atomic E-state index is 12.2. The van der Waals surface area contributed by atoms with Gasteiger partial charge in [-0.15, -0.1) is 22.7 Å². The van der Waals surface area contributed by atoms with Crippen LogP contribution in [0.25, 0.3) is 0 Å². The molecular formula is C16H22N4O2S2. The highest BCUT2D eigenvalue weighted by Crippen LogP contribution is 2.20. The highest BCUT2D eigenvalue weighted by molar-refractivity contribution is 7.14. The lowest BCUT2D eigenvalue weighted by Gasteiger charge is -2.05. The van der Waals surface area contributed by atoms with E-state index in [2.05, 4.69) is 34.7 Å². The molecule has 0 fully saturated rings. The van der Waals surface area contributed by atoms with E-state index in [0.717, 1.165) is 35.7 Å². The van der Waals surface area contributed by atoms with Crippen LogP contribution in [0.4, 0.5) is 0 Å². The van der Waals surface area contributed by atoms with Crippen LogP contribution in [0.3, 0.4) is 0 Å². The van der Waals surface area contributed by atoms with Crippen molar-refractivity contribution in [3.8, 4) is 0 Å². The number of rotatable bonds is 6. The molecule has 0 saturated carbocycles. The Kier molecular flexibility index (Phi) is 6.44. The zero-order chi connectivity index (χ0) is 17.7. The molecule has 0 spiro atoms. The van der Waals surface area contributed by atoms with Crippen LogP contribution in [-0.4, -0.2) is 21.8 Å². The summed E-state index contributed by atoms with van der Waals surface area (Å²) < 4.78 is 0. The Balaban J connectivity index is 1.99. The van der Waals surface area contributed by atoms with Gasteiger partial charge in [0.05, 0.1) is 21.4 Å². The first-order valence-electron chi connectivity index (χ1n) is 7.99. The largest absolute Gasteiger partial charge is 0.281 e. The minimum atomic E-state index is -0.336. The fourth-order valence-electron chi connectivity index (χ4n) is 2.19. The molecule has 2 N–H and O–H groups in total. The summed E-state index contributed by atoms with van der Waals surface area (Å²) in [6.45, 7) is 7.75. The molecule has 0 aromatic carbocycles. The number of aromatic nitrogens is 2. The van der Waals surface area contributed by atoms with Crippen molar-refractivity contribution in [1.82, 2.24) is 20.8 Å². The lowest BCUT2D eigenvalue weighted by atomic mass is 10.3. The highest BCUT2D eigenvalue weighted by Gasteiger charge is 2.18. The molecule has 130 valence electrons. The predicted molar refractivity (Wildman–Crippen MR) is 96.6 cm³/mol. The molecule has 2 aromatic heterocycles. The Morgan fingerprint density at radius 1 is 0.833 bits per heavy atom. The first-order chi connectivity index (χ1) is 11.5. The number of nitrogens with zero attached hydrogens (tertiary/aromatic N) is 2. The van der Waals surface area contributed by atoms with Gasteiger partial charge in [0.2, 0.25) is 0 Å². The third-order valence-corrected chi connectivity index (χ3v) is 5.74. The van der Waals surface area contributed by atoms with E-state index in [1.54, 1.807) is 13.8 Å². The van der Waals surface area contributed by atoms with Gasteiger partial charge >= 0.3 is 0 Å². The van der Waals surface area contributed by atoms with Gasteiger partial charge in [0.15, 0.2) is 0 Å². The first-order valence-corrected chi connectivity index (χ1v) is 9.62. The molecule has 2 heterocycles. The monoisotopic (exact) mass is 366 g/mol. The molecular weight excluding hydrogens is 344 g/mol. The van der Waals surface area contributed by atoms with Crippen LogP contribution >= 0.6 is 22.7 Å². The summed E-state index contributed by atoms with van der Waals surface area (Å²) in [5.41, 5.74) is 6.32.